The predicted octanol–water partition coefficient (Wildman–Crippen LogP) is 4.59. The first-order chi connectivity index (χ1) is 15.7. The van der Waals surface area contributed by atoms with Crippen LogP contribution in [0.25, 0.3) is 16.5 Å². The number of nitrogens with zero attached hydrogens (tertiary/aromatic N) is 1. The summed E-state index contributed by atoms with van der Waals surface area (Å²) in [7, 11) is 1.81. The van der Waals surface area contributed by atoms with Gasteiger partial charge in [-0.15, -0.1) is 0 Å². The van der Waals surface area contributed by atoms with Gasteiger partial charge in [-0.2, -0.15) is 0 Å². The third-order valence-corrected chi connectivity index (χ3v) is 5.69. The van der Waals surface area contributed by atoms with Crippen LogP contribution in [0.3, 0.4) is 0 Å². The highest BCUT2D eigenvalue weighted by atomic mass is 16.2. The standard InChI is InChI=1S/C27H27N3O2/c1-3-23(19-12-6-4-7-13-19)29-26(31)25-21-16-10-11-17-22(21)27(32)30(24(25)18-28-2)20-14-8-5-9-15-20/h4-17,23,28H,3,18H2,1-2H3,(H,29,31)/t23-/m0/s1. The van der Waals surface area contributed by atoms with Crippen LogP contribution in [0.5, 0.6) is 0 Å². The second-order valence-corrected chi connectivity index (χ2v) is 7.72. The van der Waals surface area contributed by atoms with Crippen LogP contribution in [0.15, 0.2) is 89.7 Å². The number of nitrogens with one attached hydrogen (secondary N) is 2. The summed E-state index contributed by atoms with van der Waals surface area (Å²) in [6.07, 6.45) is 0.757. The van der Waals surface area contributed by atoms with E-state index >= 15 is 0 Å². The lowest BCUT2D eigenvalue weighted by atomic mass is 10.00. The van der Waals surface area contributed by atoms with Gasteiger partial charge in [0.1, 0.15) is 0 Å². The van der Waals surface area contributed by atoms with Crippen LogP contribution >= 0.6 is 0 Å². The van der Waals surface area contributed by atoms with Crippen molar-refractivity contribution in [2.24, 2.45) is 0 Å². The quantitative estimate of drug-likeness (QED) is 0.455. The molecule has 3 aromatic carbocycles. The molecule has 4 aromatic rings. The molecule has 5 nitrogen and oxygen atoms in total. The van der Waals surface area contributed by atoms with Gasteiger partial charge >= 0.3 is 0 Å². The van der Waals surface area contributed by atoms with Crippen LogP contribution in [-0.2, 0) is 6.54 Å². The lowest BCUT2D eigenvalue weighted by Crippen LogP contribution is -2.34. The Morgan fingerprint density at radius 1 is 0.875 bits per heavy atom. The van der Waals surface area contributed by atoms with Crippen molar-refractivity contribution in [2.45, 2.75) is 25.9 Å². The van der Waals surface area contributed by atoms with E-state index in [9.17, 15) is 9.59 Å². The van der Waals surface area contributed by atoms with E-state index < -0.39 is 0 Å². The van der Waals surface area contributed by atoms with Gasteiger partial charge < -0.3 is 10.6 Å². The summed E-state index contributed by atoms with van der Waals surface area (Å²) in [4.78, 5) is 27.2. The summed E-state index contributed by atoms with van der Waals surface area (Å²) >= 11 is 0. The molecule has 0 saturated carbocycles. The van der Waals surface area contributed by atoms with Gasteiger partial charge in [0.15, 0.2) is 0 Å². The molecule has 0 radical (unpaired) electrons. The molecule has 1 amide bonds. The van der Waals surface area contributed by atoms with Crippen LogP contribution in [0.1, 0.15) is 41.0 Å². The summed E-state index contributed by atoms with van der Waals surface area (Å²) in [5.41, 5.74) is 2.82. The minimum atomic E-state index is -0.188. The third-order valence-electron chi connectivity index (χ3n) is 5.69. The second kappa shape index (κ2) is 9.62. The van der Waals surface area contributed by atoms with Gasteiger partial charge in [0.25, 0.3) is 11.5 Å². The van der Waals surface area contributed by atoms with Crippen molar-refractivity contribution in [3.8, 4) is 5.69 Å². The molecule has 0 saturated heterocycles. The van der Waals surface area contributed by atoms with E-state index in [4.69, 9.17) is 0 Å². The molecule has 0 aliphatic carbocycles. The van der Waals surface area contributed by atoms with Gasteiger partial charge in [0.05, 0.1) is 17.3 Å². The van der Waals surface area contributed by atoms with E-state index in [2.05, 4.69) is 17.6 Å². The van der Waals surface area contributed by atoms with E-state index in [-0.39, 0.29) is 17.5 Å². The first-order valence-corrected chi connectivity index (χ1v) is 10.9. The number of rotatable bonds is 7. The topological polar surface area (TPSA) is 63.1 Å². The molecule has 0 spiro atoms. The van der Waals surface area contributed by atoms with Gasteiger partial charge in [-0.1, -0.05) is 73.7 Å². The highest BCUT2D eigenvalue weighted by Crippen LogP contribution is 2.24. The minimum absolute atomic E-state index is 0.123. The average Bonchev–Trinajstić information content (AvgIpc) is 2.84. The SMILES string of the molecule is CC[C@H](NC(=O)c1c(CNC)n(-c2ccccc2)c(=O)c2ccccc12)c1ccccc1. The zero-order valence-corrected chi connectivity index (χ0v) is 18.3. The molecule has 1 heterocycles. The van der Waals surface area contributed by atoms with Crippen molar-refractivity contribution in [2.75, 3.05) is 7.05 Å². The van der Waals surface area contributed by atoms with E-state index in [1.807, 2.05) is 85.9 Å². The molecular formula is C27H27N3O2. The fourth-order valence-corrected chi connectivity index (χ4v) is 4.17. The average molecular weight is 426 g/mol. The number of aromatic nitrogens is 1. The molecule has 0 aliphatic heterocycles. The van der Waals surface area contributed by atoms with E-state index in [0.29, 0.717) is 28.6 Å². The molecule has 0 bridgehead atoms. The van der Waals surface area contributed by atoms with Crippen LogP contribution in [0.4, 0.5) is 0 Å². The van der Waals surface area contributed by atoms with Gasteiger partial charge in [-0.25, -0.2) is 0 Å². The first kappa shape index (κ1) is 21.5. The Morgan fingerprint density at radius 3 is 2.09 bits per heavy atom. The number of carbonyl (C=O) groups is 1. The van der Waals surface area contributed by atoms with E-state index in [1.165, 1.54) is 0 Å². The molecule has 4 rings (SSSR count). The molecule has 162 valence electrons. The van der Waals surface area contributed by atoms with Crippen LogP contribution in [0, 0.1) is 0 Å². The first-order valence-electron chi connectivity index (χ1n) is 10.9. The fourth-order valence-electron chi connectivity index (χ4n) is 4.17. The number of para-hydroxylation sites is 1. The number of hydrogen-bond donors (Lipinski definition) is 2. The summed E-state index contributed by atoms with van der Waals surface area (Å²) in [5, 5.41) is 7.53. The van der Waals surface area contributed by atoms with E-state index in [0.717, 1.165) is 17.7 Å². The molecule has 32 heavy (non-hydrogen) atoms. The number of benzene rings is 3. The smallest absolute Gasteiger partial charge is 0.263 e. The number of pyridine rings is 1. The predicted molar refractivity (Wildman–Crippen MR) is 129 cm³/mol. The Kier molecular flexibility index (Phi) is 6.47. The summed E-state index contributed by atoms with van der Waals surface area (Å²) in [5.74, 6) is -0.188. The van der Waals surface area contributed by atoms with Crippen LogP contribution < -0.4 is 16.2 Å². The Hall–Kier alpha value is -3.70. The maximum atomic E-state index is 13.7. The van der Waals surface area contributed by atoms with Gasteiger partial charge in [-0.3, -0.25) is 14.2 Å². The highest BCUT2D eigenvalue weighted by molar-refractivity contribution is 6.08. The Morgan fingerprint density at radius 2 is 1.47 bits per heavy atom. The number of carbonyl (C=O) groups excluding carboxylic acids is 1. The maximum Gasteiger partial charge on any atom is 0.263 e. The molecule has 0 fully saturated rings. The van der Waals surface area contributed by atoms with Crippen LogP contribution in [0.2, 0.25) is 0 Å². The molecule has 0 aliphatic rings. The zero-order valence-electron chi connectivity index (χ0n) is 18.3. The molecule has 1 aromatic heterocycles. The summed E-state index contributed by atoms with van der Waals surface area (Å²) in [6, 6.07) is 26.6. The minimum Gasteiger partial charge on any atom is -0.345 e. The van der Waals surface area contributed by atoms with Crippen LogP contribution in [-0.4, -0.2) is 17.5 Å². The van der Waals surface area contributed by atoms with Crippen molar-refractivity contribution < 1.29 is 4.79 Å². The third kappa shape index (κ3) is 4.07. The zero-order chi connectivity index (χ0) is 22.5. The highest BCUT2D eigenvalue weighted by Gasteiger charge is 2.24. The summed E-state index contributed by atoms with van der Waals surface area (Å²) in [6.45, 7) is 2.43. The number of hydrogen-bond acceptors (Lipinski definition) is 3. The lowest BCUT2D eigenvalue weighted by Gasteiger charge is -2.22. The Labute approximate surface area is 187 Å². The van der Waals surface area contributed by atoms with Crippen molar-refractivity contribution in [3.63, 3.8) is 0 Å². The van der Waals surface area contributed by atoms with Crippen molar-refractivity contribution in [1.82, 2.24) is 15.2 Å². The Bertz CT molecular complexity index is 1280. The lowest BCUT2D eigenvalue weighted by molar-refractivity contribution is 0.0935. The van der Waals surface area contributed by atoms with Crippen molar-refractivity contribution in [1.29, 1.82) is 0 Å². The molecular weight excluding hydrogens is 398 g/mol. The second-order valence-electron chi connectivity index (χ2n) is 7.72. The largest absolute Gasteiger partial charge is 0.345 e. The van der Waals surface area contributed by atoms with Gasteiger partial charge in [-0.05, 0) is 37.2 Å². The molecule has 2 N–H and O–H groups in total. The fraction of sp³-hybridized carbons (Fsp3) is 0.185. The molecule has 5 heteroatoms. The summed E-state index contributed by atoms with van der Waals surface area (Å²) < 4.78 is 1.65. The number of fused-ring (bicyclic) bond motifs is 1. The Balaban J connectivity index is 1.93. The maximum absolute atomic E-state index is 13.7. The van der Waals surface area contributed by atoms with Gasteiger partial charge in [0.2, 0.25) is 0 Å². The number of amides is 1. The van der Waals surface area contributed by atoms with Crippen molar-refractivity contribution in [3.05, 3.63) is 112 Å². The monoisotopic (exact) mass is 425 g/mol. The van der Waals surface area contributed by atoms with Crippen molar-refractivity contribution >= 4 is 16.7 Å². The normalized spacial score (nSPS) is 11.9. The molecule has 0 unspecified atom stereocenters. The molecule has 1 atom stereocenters. The van der Waals surface area contributed by atoms with E-state index in [1.54, 1.807) is 10.6 Å². The van der Waals surface area contributed by atoms with Gasteiger partial charge in [0, 0.05) is 23.0 Å².